The fraction of sp³-hybridized carbons (Fsp3) is 0.783. The van der Waals surface area contributed by atoms with Crippen molar-refractivity contribution in [3.63, 3.8) is 0 Å². The first-order chi connectivity index (χ1) is 13.7. The number of carbonyl (C=O) groups excluding carboxylic acids is 2. The molecule has 0 aromatic carbocycles. The summed E-state index contributed by atoms with van der Waals surface area (Å²) in [5, 5.41) is 8.01. The van der Waals surface area contributed by atoms with Gasteiger partial charge in [-0.25, -0.2) is 0 Å². The van der Waals surface area contributed by atoms with Crippen molar-refractivity contribution in [2.45, 2.75) is 110 Å². The number of rotatable bonds is 4. The lowest BCUT2D eigenvalue weighted by atomic mass is 9.91. The maximum absolute atomic E-state index is 13.5. The zero-order valence-corrected chi connectivity index (χ0v) is 18.9. The van der Waals surface area contributed by atoms with Crippen LogP contribution in [0.5, 0.6) is 0 Å². The second-order valence-corrected chi connectivity index (χ2v) is 10.1. The van der Waals surface area contributed by atoms with Gasteiger partial charge in [-0.2, -0.15) is 5.10 Å². The van der Waals surface area contributed by atoms with Crippen LogP contribution in [0.25, 0.3) is 0 Å². The Morgan fingerprint density at radius 1 is 1.21 bits per heavy atom. The second kappa shape index (κ2) is 8.49. The molecule has 1 aliphatic carbocycles. The zero-order chi connectivity index (χ0) is 21.2. The van der Waals surface area contributed by atoms with Gasteiger partial charge in [0.05, 0.1) is 12.2 Å². The Balaban J connectivity index is 1.87. The fourth-order valence-corrected chi connectivity index (χ4v) is 4.52. The van der Waals surface area contributed by atoms with Gasteiger partial charge in [0, 0.05) is 18.0 Å². The van der Waals surface area contributed by atoms with Crippen molar-refractivity contribution in [1.82, 2.24) is 20.0 Å². The molecule has 0 spiro atoms. The van der Waals surface area contributed by atoms with Crippen molar-refractivity contribution in [1.29, 1.82) is 0 Å². The van der Waals surface area contributed by atoms with Crippen molar-refractivity contribution in [2.75, 3.05) is 6.54 Å². The number of nitrogens with zero attached hydrogens (tertiary/aromatic N) is 3. The van der Waals surface area contributed by atoms with E-state index in [1.807, 2.05) is 19.9 Å². The summed E-state index contributed by atoms with van der Waals surface area (Å²) in [5.41, 5.74) is 0.433. The molecule has 1 aromatic rings. The minimum absolute atomic E-state index is 0.0386. The van der Waals surface area contributed by atoms with Crippen LogP contribution in [0.15, 0.2) is 6.07 Å². The van der Waals surface area contributed by atoms with Gasteiger partial charge >= 0.3 is 0 Å². The highest BCUT2D eigenvalue weighted by Gasteiger charge is 2.48. The third-order valence-corrected chi connectivity index (χ3v) is 6.44. The average Bonchev–Trinajstić information content (AvgIpc) is 3.05. The Labute approximate surface area is 175 Å². The van der Waals surface area contributed by atoms with Crippen molar-refractivity contribution in [3.05, 3.63) is 17.5 Å². The van der Waals surface area contributed by atoms with E-state index >= 15 is 0 Å². The monoisotopic (exact) mass is 402 g/mol. The fourth-order valence-electron chi connectivity index (χ4n) is 4.52. The number of fused-ring (bicyclic) bond motifs is 1. The molecule has 1 saturated carbocycles. The molecule has 1 atom stereocenters. The van der Waals surface area contributed by atoms with Crippen LogP contribution in [0.2, 0.25) is 0 Å². The number of nitrogens with one attached hydrogen (secondary N) is 1. The van der Waals surface area contributed by atoms with Gasteiger partial charge < -0.3 is 10.2 Å². The number of carbonyl (C=O) groups is 2. The smallest absolute Gasteiger partial charge is 0.273 e. The van der Waals surface area contributed by atoms with Gasteiger partial charge in [-0.3, -0.25) is 14.3 Å². The summed E-state index contributed by atoms with van der Waals surface area (Å²) in [4.78, 5) is 28.6. The van der Waals surface area contributed by atoms with E-state index in [4.69, 9.17) is 5.10 Å². The molecule has 0 radical (unpaired) electrons. The SMILES string of the molecule is CCCN1C(=O)c2cc(C(C)(C)C)nn2CC1(C)C(=O)NC1CCCCCCC1. The van der Waals surface area contributed by atoms with Crippen LogP contribution in [0.1, 0.15) is 102 Å². The highest BCUT2D eigenvalue weighted by Crippen LogP contribution is 2.31. The molecule has 29 heavy (non-hydrogen) atoms. The molecular weight excluding hydrogens is 364 g/mol. The van der Waals surface area contributed by atoms with E-state index in [1.165, 1.54) is 19.3 Å². The quantitative estimate of drug-likeness (QED) is 0.827. The second-order valence-electron chi connectivity index (χ2n) is 10.1. The Bertz CT molecular complexity index is 741. The average molecular weight is 403 g/mol. The Morgan fingerprint density at radius 2 is 1.83 bits per heavy atom. The summed E-state index contributed by atoms with van der Waals surface area (Å²) in [6.07, 6.45) is 9.00. The Kier molecular flexibility index (Phi) is 6.39. The summed E-state index contributed by atoms with van der Waals surface area (Å²) in [6, 6.07) is 2.11. The maximum Gasteiger partial charge on any atom is 0.273 e. The molecule has 2 heterocycles. The Morgan fingerprint density at radius 3 is 2.41 bits per heavy atom. The minimum Gasteiger partial charge on any atom is -0.351 e. The molecule has 6 heteroatoms. The summed E-state index contributed by atoms with van der Waals surface area (Å²) in [7, 11) is 0. The summed E-state index contributed by atoms with van der Waals surface area (Å²) >= 11 is 0. The normalized spacial score (nSPS) is 24.0. The summed E-state index contributed by atoms with van der Waals surface area (Å²) < 4.78 is 1.76. The van der Waals surface area contributed by atoms with Crippen molar-refractivity contribution in [3.8, 4) is 0 Å². The molecule has 1 aliphatic heterocycles. The Hall–Kier alpha value is -1.85. The predicted molar refractivity (Wildman–Crippen MR) is 115 cm³/mol. The number of hydrogen-bond acceptors (Lipinski definition) is 3. The summed E-state index contributed by atoms with van der Waals surface area (Å²) in [6.45, 7) is 11.2. The standard InChI is InChI=1S/C23H38N4O2/c1-6-14-26-20(28)18-15-19(22(2,3)4)25-27(18)16-23(26,5)21(29)24-17-12-10-8-7-9-11-13-17/h15,17H,6-14,16H2,1-5H3,(H,24,29). The summed E-state index contributed by atoms with van der Waals surface area (Å²) in [5.74, 6) is -0.125. The van der Waals surface area contributed by atoms with Crippen LogP contribution in [0.3, 0.4) is 0 Å². The van der Waals surface area contributed by atoms with Gasteiger partial charge in [-0.1, -0.05) is 59.8 Å². The topological polar surface area (TPSA) is 67.2 Å². The predicted octanol–water partition coefficient (Wildman–Crippen LogP) is 4.03. The first-order valence-electron chi connectivity index (χ1n) is 11.4. The molecule has 2 aliphatic rings. The molecule has 2 amide bonds. The molecule has 0 bridgehead atoms. The molecule has 0 saturated heterocycles. The third-order valence-electron chi connectivity index (χ3n) is 6.44. The van der Waals surface area contributed by atoms with Gasteiger partial charge in [0.2, 0.25) is 5.91 Å². The van der Waals surface area contributed by atoms with E-state index in [0.29, 0.717) is 18.8 Å². The van der Waals surface area contributed by atoms with Crippen molar-refractivity contribution < 1.29 is 9.59 Å². The lowest BCUT2D eigenvalue weighted by molar-refractivity contribution is -0.134. The minimum atomic E-state index is -0.913. The van der Waals surface area contributed by atoms with E-state index < -0.39 is 5.54 Å². The zero-order valence-electron chi connectivity index (χ0n) is 18.9. The highest BCUT2D eigenvalue weighted by atomic mass is 16.2. The largest absolute Gasteiger partial charge is 0.351 e. The van der Waals surface area contributed by atoms with Crippen LogP contribution in [-0.4, -0.2) is 44.6 Å². The van der Waals surface area contributed by atoms with E-state index in [9.17, 15) is 9.59 Å². The van der Waals surface area contributed by atoms with E-state index in [1.54, 1.807) is 9.58 Å². The van der Waals surface area contributed by atoms with E-state index in [-0.39, 0.29) is 23.3 Å². The number of hydrogen-bond donors (Lipinski definition) is 1. The van der Waals surface area contributed by atoms with Gasteiger partial charge in [-0.15, -0.1) is 0 Å². The highest BCUT2D eigenvalue weighted by molar-refractivity contribution is 5.99. The maximum atomic E-state index is 13.5. The van der Waals surface area contributed by atoms with Gasteiger partial charge in [-0.05, 0) is 32.3 Å². The van der Waals surface area contributed by atoms with Crippen LogP contribution in [0, 0.1) is 0 Å². The van der Waals surface area contributed by atoms with Crippen LogP contribution in [-0.2, 0) is 16.8 Å². The van der Waals surface area contributed by atoms with Gasteiger partial charge in [0.15, 0.2) is 0 Å². The van der Waals surface area contributed by atoms with Gasteiger partial charge in [0.1, 0.15) is 11.2 Å². The third kappa shape index (κ3) is 4.51. The molecule has 3 rings (SSSR count). The number of amides is 2. The van der Waals surface area contributed by atoms with Crippen LogP contribution >= 0.6 is 0 Å². The lowest BCUT2D eigenvalue weighted by Crippen LogP contribution is -2.65. The lowest BCUT2D eigenvalue weighted by Gasteiger charge is -2.44. The molecule has 1 N–H and O–H groups in total. The van der Waals surface area contributed by atoms with Crippen molar-refractivity contribution in [2.24, 2.45) is 0 Å². The van der Waals surface area contributed by atoms with Gasteiger partial charge in [0.25, 0.3) is 5.91 Å². The first kappa shape index (κ1) is 21.8. The van der Waals surface area contributed by atoms with Crippen molar-refractivity contribution >= 4 is 11.8 Å². The van der Waals surface area contributed by atoms with E-state index in [2.05, 4.69) is 26.1 Å². The number of aromatic nitrogens is 2. The molecule has 162 valence electrons. The van der Waals surface area contributed by atoms with E-state index in [0.717, 1.165) is 37.8 Å². The molecule has 6 nitrogen and oxygen atoms in total. The molecule has 1 fully saturated rings. The van der Waals surface area contributed by atoms with Crippen LogP contribution < -0.4 is 5.32 Å². The molecule has 1 unspecified atom stereocenters. The molecule has 1 aromatic heterocycles. The van der Waals surface area contributed by atoms with Crippen LogP contribution in [0.4, 0.5) is 0 Å². The first-order valence-corrected chi connectivity index (χ1v) is 11.4. The molecular formula is C23H38N4O2.